The van der Waals surface area contributed by atoms with Crippen LogP contribution in [-0.4, -0.2) is 45.0 Å². The topological polar surface area (TPSA) is 95.1 Å². The fraction of sp³-hybridized carbons (Fsp3) is 0.524. The van der Waals surface area contributed by atoms with Gasteiger partial charge in [-0.15, -0.1) is 0 Å². The van der Waals surface area contributed by atoms with E-state index in [-0.39, 0.29) is 12.7 Å². The third-order valence-electron chi connectivity index (χ3n) is 4.24. The van der Waals surface area contributed by atoms with E-state index in [4.69, 9.17) is 18.9 Å². The van der Waals surface area contributed by atoms with Crippen LogP contribution in [0.15, 0.2) is 29.5 Å². The van der Waals surface area contributed by atoms with Crippen LogP contribution in [0.4, 0.5) is 4.79 Å². The lowest BCUT2D eigenvalue weighted by Gasteiger charge is -2.28. The molecular weight excluding hydrogens is 376 g/mol. The van der Waals surface area contributed by atoms with Crippen LogP contribution in [0.5, 0.6) is 11.5 Å². The molecule has 0 aromatic heterocycles. The number of benzene rings is 1. The highest BCUT2D eigenvalue weighted by molar-refractivity contribution is 5.95. The van der Waals surface area contributed by atoms with Crippen molar-refractivity contribution in [1.82, 2.24) is 10.6 Å². The van der Waals surface area contributed by atoms with Gasteiger partial charge in [-0.2, -0.15) is 0 Å². The number of carbonyl (C=O) groups excluding carboxylic acids is 2. The summed E-state index contributed by atoms with van der Waals surface area (Å²) in [6, 6.07) is 4.26. The van der Waals surface area contributed by atoms with Gasteiger partial charge in [0, 0.05) is 5.70 Å². The minimum atomic E-state index is -0.670. The van der Waals surface area contributed by atoms with Crippen LogP contribution in [0.2, 0.25) is 0 Å². The smallest absolute Gasteiger partial charge is 0.338 e. The van der Waals surface area contributed by atoms with Gasteiger partial charge in [-0.25, -0.2) is 9.59 Å². The summed E-state index contributed by atoms with van der Waals surface area (Å²) in [4.78, 5) is 24.8. The molecule has 8 heteroatoms. The molecule has 8 nitrogen and oxygen atoms in total. The molecule has 1 aliphatic rings. The summed E-state index contributed by atoms with van der Waals surface area (Å²) in [7, 11) is 1.55. The number of ether oxygens (including phenoxy) is 4. The summed E-state index contributed by atoms with van der Waals surface area (Å²) in [5.74, 6) is 0.617. The number of amides is 2. The molecule has 2 N–H and O–H groups in total. The highest BCUT2D eigenvalue weighted by Crippen LogP contribution is 2.34. The number of allylic oxidation sites excluding steroid dienone is 1. The predicted octanol–water partition coefficient (Wildman–Crippen LogP) is 3.08. The van der Waals surface area contributed by atoms with Crippen molar-refractivity contribution in [3.05, 3.63) is 35.0 Å². The van der Waals surface area contributed by atoms with Crippen molar-refractivity contribution in [3.63, 3.8) is 0 Å². The summed E-state index contributed by atoms with van der Waals surface area (Å²) < 4.78 is 21.9. The molecule has 0 aliphatic carbocycles. The number of hydrogen-bond acceptors (Lipinski definition) is 6. The average Bonchev–Trinajstić information content (AvgIpc) is 2.68. The minimum absolute atomic E-state index is 0.0546. The van der Waals surface area contributed by atoms with Crippen molar-refractivity contribution in [1.29, 1.82) is 0 Å². The van der Waals surface area contributed by atoms with Crippen LogP contribution in [0.25, 0.3) is 0 Å². The summed E-state index contributed by atoms with van der Waals surface area (Å²) in [6.07, 6.45) is 0.923. The van der Waals surface area contributed by atoms with E-state index in [9.17, 15) is 9.59 Å². The Hall–Kier alpha value is -2.74. The van der Waals surface area contributed by atoms with Crippen molar-refractivity contribution in [2.75, 3.05) is 26.9 Å². The zero-order valence-electron chi connectivity index (χ0n) is 17.7. The summed E-state index contributed by atoms with van der Waals surface area (Å²) in [6.45, 7) is 8.50. The van der Waals surface area contributed by atoms with Crippen molar-refractivity contribution in [3.8, 4) is 11.5 Å². The van der Waals surface area contributed by atoms with Gasteiger partial charge >= 0.3 is 12.0 Å². The molecule has 2 amide bonds. The number of rotatable bonds is 10. The Bertz CT molecular complexity index is 760. The number of urea groups is 1. The van der Waals surface area contributed by atoms with Gasteiger partial charge in [-0.1, -0.05) is 13.0 Å². The molecule has 0 bridgehead atoms. The summed E-state index contributed by atoms with van der Waals surface area (Å²) >= 11 is 0. The number of methoxy groups -OCH3 is 1. The van der Waals surface area contributed by atoms with E-state index in [2.05, 4.69) is 10.6 Å². The first kappa shape index (κ1) is 22.5. The Morgan fingerprint density at radius 2 is 1.93 bits per heavy atom. The maximum absolute atomic E-state index is 12.7. The Balaban J connectivity index is 2.25. The lowest BCUT2D eigenvalue weighted by atomic mass is 9.95. The molecule has 1 aliphatic heterocycles. The number of nitrogens with one attached hydrogen (secondary N) is 2. The largest absolute Gasteiger partial charge is 0.493 e. The monoisotopic (exact) mass is 406 g/mol. The Morgan fingerprint density at radius 1 is 1.17 bits per heavy atom. The maximum atomic E-state index is 12.7. The van der Waals surface area contributed by atoms with Crippen LogP contribution in [0.1, 0.15) is 45.7 Å². The minimum Gasteiger partial charge on any atom is -0.493 e. The Kier molecular flexibility index (Phi) is 8.33. The van der Waals surface area contributed by atoms with E-state index < -0.39 is 18.0 Å². The van der Waals surface area contributed by atoms with Crippen molar-refractivity contribution in [2.45, 2.75) is 46.3 Å². The molecule has 1 heterocycles. The van der Waals surface area contributed by atoms with E-state index in [0.717, 1.165) is 6.42 Å². The molecule has 29 heavy (non-hydrogen) atoms. The first-order valence-corrected chi connectivity index (χ1v) is 9.75. The fourth-order valence-corrected chi connectivity index (χ4v) is 2.91. The molecule has 2 rings (SSSR count). The molecule has 0 radical (unpaired) electrons. The van der Waals surface area contributed by atoms with Crippen molar-refractivity contribution >= 4 is 12.0 Å². The van der Waals surface area contributed by atoms with E-state index in [1.807, 2.05) is 20.8 Å². The first-order chi connectivity index (χ1) is 13.9. The predicted molar refractivity (Wildman–Crippen MR) is 108 cm³/mol. The number of esters is 1. The van der Waals surface area contributed by atoms with Gasteiger partial charge in [0.05, 0.1) is 38.0 Å². The molecule has 1 aromatic rings. The molecule has 0 saturated carbocycles. The third kappa shape index (κ3) is 6.12. The van der Waals surface area contributed by atoms with E-state index in [0.29, 0.717) is 41.5 Å². The first-order valence-electron chi connectivity index (χ1n) is 9.75. The molecule has 1 atom stereocenters. The quantitative estimate of drug-likeness (QED) is 0.458. The maximum Gasteiger partial charge on any atom is 0.338 e. The third-order valence-corrected chi connectivity index (χ3v) is 4.24. The van der Waals surface area contributed by atoms with Crippen LogP contribution in [-0.2, 0) is 14.3 Å². The molecule has 0 saturated heterocycles. The standard InChI is InChI=1S/C21H30N2O6/c1-6-9-28-16-8-7-15(12-17(16)26-5)19-18(14(4)22-21(25)23-19)20(24)29-11-10-27-13(2)3/h7-8,12-13,19H,6,9-11H2,1-5H3,(H2,22,23,25). The second-order valence-electron chi connectivity index (χ2n) is 6.88. The molecule has 1 unspecified atom stereocenters. The second-order valence-corrected chi connectivity index (χ2v) is 6.88. The van der Waals surface area contributed by atoms with Crippen molar-refractivity contribution in [2.24, 2.45) is 0 Å². The molecule has 0 spiro atoms. The van der Waals surface area contributed by atoms with Crippen LogP contribution in [0.3, 0.4) is 0 Å². The zero-order valence-corrected chi connectivity index (χ0v) is 17.7. The van der Waals surface area contributed by atoms with E-state index in [1.54, 1.807) is 32.2 Å². The van der Waals surface area contributed by atoms with Gasteiger partial charge in [0.15, 0.2) is 11.5 Å². The highest BCUT2D eigenvalue weighted by Gasteiger charge is 2.32. The van der Waals surface area contributed by atoms with Crippen LogP contribution >= 0.6 is 0 Å². The highest BCUT2D eigenvalue weighted by atomic mass is 16.6. The Morgan fingerprint density at radius 3 is 2.59 bits per heavy atom. The van der Waals surface area contributed by atoms with Gasteiger partial charge in [0.2, 0.25) is 0 Å². The lowest BCUT2D eigenvalue weighted by molar-refractivity contribution is -0.141. The summed E-state index contributed by atoms with van der Waals surface area (Å²) in [5.41, 5.74) is 1.46. The van der Waals surface area contributed by atoms with Gasteiger partial charge < -0.3 is 29.6 Å². The normalized spacial score (nSPS) is 16.3. The van der Waals surface area contributed by atoms with E-state index in [1.165, 1.54) is 0 Å². The SMILES string of the molecule is CCCOc1ccc(C2NC(=O)NC(C)=C2C(=O)OCCOC(C)C)cc1OC. The van der Waals surface area contributed by atoms with Crippen LogP contribution in [0, 0.1) is 0 Å². The number of carbonyl (C=O) groups is 2. The molecule has 1 aromatic carbocycles. The average molecular weight is 406 g/mol. The van der Waals surface area contributed by atoms with Crippen LogP contribution < -0.4 is 20.1 Å². The fourth-order valence-electron chi connectivity index (χ4n) is 2.91. The lowest BCUT2D eigenvalue weighted by Crippen LogP contribution is -2.45. The number of hydrogen-bond donors (Lipinski definition) is 2. The van der Waals surface area contributed by atoms with Gasteiger partial charge in [0.1, 0.15) is 6.61 Å². The molecular formula is C21H30N2O6. The van der Waals surface area contributed by atoms with Gasteiger partial charge in [0.25, 0.3) is 0 Å². The van der Waals surface area contributed by atoms with Gasteiger partial charge in [-0.05, 0) is 44.9 Å². The van der Waals surface area contributed by atoms with Gasteiger partial charge in [-0.3, -0.25) is 0 Å². The Labute approximate surface area is 171 Å². The van der Waals surface area contributed by atoms with E-state index >= 15 is 0 Å². The zero-order chi connectivity index (χ0) is 21.4. The van der Waals surface area contributed by atoms with Crippen molar-refractivity contribution < 1.29 is 28.5 Å². The molecule has 0 fully saturated rings. The second kappa shape index (κ2) is 10.7. The molecule has 160 valence electrons. The summed E-state index contributed by atoms with van der Waals surface area (Å²) in [5, 5.41) is 5.41.